The van der Waals surface area contributed by atoms with E-state index in [1.807, 2.05) is 24.3 Å². The molecule has 0 radical (unpaired) electrons. The predicted molar refractivity (Wildman–Crippen MR) is 75.1 cm³/mol. The second kappa shape index (κ2) is 6.03. The van der Waals surface area contributed by atoms with Crippen molar-refractivity contribution in [2.75, 3.05) is 0 Å². The molecule has 1 aromatic heterocycles. The molecule has 0 spiro atoms. The molecule has 0 fully saturated rings. The molecule has 1 heterocycles. The van der Waals surface area contributed by atoms with Crippen LogP contribution in [-0.4, -0.2) is 5.11 Å². The number of rotatable bonds is 5. The zero-order valence-electron chi connectivity index (χ0n) is 10.7. The Balaban J connectivity index is 1.93. The molecule has 96 valence electrons. The van der Waals surface area contributed by atoms with Crippen molar-refractivity contribution in [1.82, 2.24) is 0 Å². The van der Waals surface area contributed by atoms with Crippen LogP contribution in [-0.2, 0) is 13.0 Å². The van der Waals surface area contributed by atoms with Gasteiger partial charge in [-0.25, -0.2) is 0 Å². The summed E-state index contributed by atoms with van der Waals surface area (Å²) in [6.45, 7) is 4.53. The van der Waals surface area contributed by atoms with Crippen LogP contribution in [0.1, 0.15) is 35.3 Å². The second-order valence-corrected chi connectivity index (χ2v) is 5.51. The Labute approximate surface area is 112 Å². The van der Waals surface area contributed by atoms with Crippen molar-refractivity contribution in [1.29, 1.82) is 0 Å². The first-order valence-electron chi connectivity index (χ1n) is 6.17. The van der Waals surface area contributed by atoms with Gasteiger partial charge >= 0.3 is 0 Å². The summed E-state index contributed by atoms with van der Waals surface area (Å²) in [5.74, 6) is 0.839. The Hall–Kier alpha value is -1.32. The Kier molecular flexibility index (Phi) is 4.39. The SMILES string of the molecule is CCc1ccc(COc2ccc(C(C)O)cc2)s1. The third-order valence-electron chi connectivity index (χ3n) is 2.81. The summed E-state index contributed by atoms with van der Waals surface area (Å²) in [6.07, 6.45) is 0.650. The third-order valence-corrected chi connectivity index (χ3v) is 4.01. The van der Waals surface area contributed by atoms with E-state index in [2.05, 4.69) is 19.1 Å². The first-order chi connectivity index (χ1) is 8.69. The van der Waals surface area contributed by atoms with E-state index in [0.717, 1.165) is 17.7 Å². The van der Waals surface area contributed by atoms with E-state index in [4.69, 9.17) is 4.74 Å². The first-order valence-corrected chi connectivity index (χ1v) is 6.99. The summed E-state index contributed by atoms with van der Waals surface area (Å²) >= 11 is 1.80. The van der Waals surface area contributed by atoms with Gasteiger partial charge in [0.05, 0.1) is 6.10 Å². The molecule has 18 heavy (non-hydrogen) atoms. The molecule has 2 rings (SSSR count). The number of hydrogen-bond acceptors (Lipinski definition) is 3. The summed E-state index contributed by atoms with van der Waals surface area (Å²) in [7, 11) is 0. The molecule has 0 aliphatic rings. The maximum absolute atomic E-state index is 9.41. The van der Waals surface area contributed by atoms with Crippen LogP contribution in [0.2, 0.25) is 0 Å². The fourth-order valence-corrected chi connectivity index (χ4v) is 2.56. The van der Waals surface area contributed by atoms with Gasteiger partial charge in [-0.1, -0.05) is 19.1 Å². The van der Waals surface area contributed by atoms with Gasteiger partial charge in [-0.05, 0) is 43.2 Å². The van der Waals surface area contributed by atoms with Gasteiger partial charge in [0.25, 0.3) is 0 Å². The molecular formula is C15H18O2S. The Morgan fingerprint density at radius 2 is 1.78 bits per heavy atom. The van der Waals surface area contributed by atoms with Crippen LogP contribution in [0.4, 0.5) is 0 Å². The van der Waals surface area contributed by atoms with E-state index in [1.54, 1.807) is 18.3 Å². The van der Waals surface area contributed by atoms with Gasteiger partial charge in [-0.2, -0.15) is 0 Å². The first kappa shape index (κ1) is 13.1. The number of benzene rings is 1. The van der Waals surface area contributed by atoms with Crippen molar-refractivity contribution in [2.24, 2.45) is 0 Å². The predicted octanol–water partition coefficient (Wildman–Crippen LogP) is 3.94. The number of ether oxygens (including phenoxy) is 1. The minimum absolute atomic E-state index is 0.427. The zero-order valence-corrected chi connectivity index (χ0v) is 11.5. The molecule has 1 aromatic carbocycles. The average molecular weight is 262 g/mol. The average Bonchev–Trinajstić information content (AvgIpc) is 2.85. The molecule has 0 amide bonds. The van der Waals surface area contributed by atoms with E-state index in [-0.39, 0.29) is 0 Å². The second-order valence-electron chi connectivity index (χ2n) is 4.26. The quantitative estimate of drug-likeness (QED) is 0.884. The van der Waals surface area contributed by atoms with Crippen LogP contribution >= 0.6 is 11.3 Å². The van der Waals surface area contributed by atoms with Crippen molar-refractivity contribution in [3.8, 4) is 5.75 Å². The molecule has 0 saturated heterocycles. The lowest BCUT2D eigenvalue weighted by atomic mass is 10.1. The van der Waals surface area contributed by atoms with Crippen LogP contribution in [0, 0.1) is 0 Å². The van der Waals surface area contributed by atoms with Crippen LogP contribution in [0.3, 0.4) is 0 Å². The minimum Gasteiger partial charge on any atom is -0.488 e. The Morgan fingerprint density at radius 1 is 1.11 bits per heavy atom. The Bertz CT molecular complexity index is 485. The fraction of sp³-hybridized carbons (Fsp3) is 0.333. The number of thiophene rings is 1. The highest BCUT2D eigenvalue weighted by atomic mass is 32.1. The van der Waals surface area contributed by atoms with E-state index in [0.29, 0.717) is 6.61 Å². The van der Waals surface area contributed by atoms with Crippen LogP contribution < -0.4 is 4.74 Å². The standard InChI is InChI=1S/C15H18O2S/c1-3-14-8-9-15(18-14)10-17-13-6-4-12(5-7-13)11(2)16/h4-9,11,16H,3,10H2,1-2H3. The van der Waals surface area contributed by atoms with Gasteiger partial charge in [0.2, 0.25) is 0 Å². The van der Waals surface area contributed by atoms with Gasteiger partial charge in [0.15, 0.2) is 0 Å². The third kappa shape index (κ3) is 3.34. The molecule has 2 nitrogen and oxygen atoms in total. The molecule has 0 aliphatic heterocycles. The summed E-state index contributed by atoms with van der Waals surface area (Å²) in [5.41, 5.74) is 0.909. The maximum Gasteiger partial charge on any atom is 0.122 e. The number of aliphatic hydroxyl groups is 1. The fourth-order valence-electron chi connectivity index (χ4n) is 1.69. The lowest BCUT2D eigenvalue weighted by molar-refractivity contribution is 0.199. The molecule has 3 heteroatoms. The van der Waals surface area contributed by atoms with Gasteiger partial charge in [-0.3, -0.25) is 0 Å². The highest BCUT2D eigenvalue weighted by molar-refractivity contribution is 7.11. The minimum atomic E-state index is -0.427. The molecule has 0 saturated carbocycles. The highest BCUT2D eigenvalue weighted by Gasteiger charge is 2.02. The van der Waals surface area contributed by atoms with Gasteiger partial charge < -0.3 is 9.84 Å². The smallest absolute Gasteiger partial charge is 0.122 e. The van der Waals surface area contributed by atoms with Crippen LogP contribution in [0.5, 0.6) is 5.75 Å². The zero-order chi connectivity index (χ0) is 13.0. The topological polar surface area (TPSA) is 29.5 Å². The summed E-state index contributed by atoms with van der Waals surface area (Å²) in [5, 5.41) is 9.41. The van der Waals surface area contributed by atoms with Crippen molar-refractivity contribution in [3.63, 3.8) is 0 Å². The van der Waals surface area contributed by atoms with Gasteiger partial charge in [0.1, 0.15) is 12.4 Å². The molecule has 1 unspecified atom stereocenters. The summed E-state index contributed by atoms with van der Waals surface area (Å²) < 4.78 is 5.71. The van der Waals surface area contributed by atoms with Gasteiger partial charge in [0, 0.05) is 9.75 Å². The van der Waals surface area contributed by atoms with E-state index < -0.39 is 6.10 Å². The van der Waals surface area contributed by atoms with E-state index in [9.17, 15) is 5.11 Å². The lowest BCUT2D eigenvalue weighted by Gasteiger charge is -2.07. The van der Waals surface area contributed by atoms with Crippen LogP contribution in [0.15, 0.2) is 36.4 Å². The monoisotopic (exact) mass is 262 g/mol. The van der Waals surface area contributed by atoms with Crippen molar-refractivity contribution in [3.05, 3.63) is 51.7 Å². The maximum atomic E-state index is 9.41. The van der Waals surface area contributed by atoms with Crippen molar-refractivity contribution < 1.29 is 9.84 Å². The molecule has 1 N–H and O–H groups in total. The van der Waals surface area contributed by atoms with Crippen molar-refractivity contribution in [2.45, 2.75) is 33.0 Å². The Morgan fingerprint density at radius 3 is 2.33 bits per heavy atom. The normalized spacial score (nSPS) is 12.4. The summed E-state index contributed by atoms with van der Waals surface area (Å²) in [4.78, 5) is 2.63. The highest BCUT2D eigenvalue weighted by Crippen LogP contribution is 2.21. The molecule has 2 aromatic rings. The molecular weight excluding hydrogens is 244 g/mol. The lowest BCUT2D eigenvalue weighted by Crippen LogP contribution is -1.94. The molecule has 0 aliphatic carbocycles. The van der Waals surface area contributed by atoms with Crippen molar-refractivity contribution >= 4 is 11.3 Å². The molecule has 1 atom stereocenters. The van der Waals surface area contributed by atoms with E-state index >= 15 is 0 Å². The van der Waals surface area contributed by atoms with Crippen LogP contribution in [0.25, 0.3) is 0 Å². The number of aliphatic hydroxyl groups excluding tert-OH is 1. The molecule has 0 bridgehead atoms. The van der Waals surface area contributed by atoms with E-state index in [1.165, 1.54) is 9.75 Å². The largest absolute Gasteiger partial charge is 0.488 e. The number of aryl methyl sites for hydroxylation is 1. The summed E-state index contributed by atoms with van der Waals surface area (Å²) in [6, 6.07) is 11.9. The van der Waals surface area contributed by atoms with Gasteiger partial charge in [-0.15, -0.1) is 11.3 Å². The number of hydrogen-bond donors (Lipinski definition) is 1.